The van der Waals surface area contributed by atoms with Crippen LogP contribution in [-0.4, -0.2) is 26.6 Å². The Balaban J connectivity index is 2.21. The van der Waals surface area contributed by atoms with Crippen molar-refractivity contribution in [2.24, 2.45) is 0 Å². The zero-order valence-electron chi connectivity index (χ0n) is 12.0. The number of thiophene rings is 1. The maximum absolute atomic E-state index is 6.07. The summed E-state index contributed by atoms with van der Waals surface area (Å²) in [7, 11) is 1.58. The molecule has 0 aliphatic heterocycles. The van der Waals surface area contributed by atoms with Crippen LogP contribution in [0.3, 0.4) is 0 Å². The Bertz CT molecular complexity index is 782. The Morgan fingerprint density at radius 3 is 2.81 bits per heavy atom. The van der Waals surface area contributed by atoms with E-state index in [1.165, 1.54) is 16.1 Å². The second-order valence-electron chi connectivity index (χ2n) is 4.71. The SMILES string of the molecule is COc1ncnc2c1nc(CCl)n2C(C)c1ccc(C)s1. The highest BCUT2D eigenvalue weighted by Crippen LogP contribution is 2.31. The molecule has 7 heteroatoms. The van der Waals surface area contributed by atoms with Gasteiger partial charge in [-0.25, -0.2) is 9.97 Å². The molecular weight excluding hydrogens is 308 g/mol. The molecule has 0 saturated heterocycles. The molecule has 3 aromatic rings. The zero-order valence-corrected chi connectivity index (χ0v) is 13.6. The second-order valence-corrected chi connectivity index (χ2v) is 6.30. The number of alkyl halides is 1. The molecule has 3 heterocycles. The van der Waals surface area contributed by atoms with Crippen LogP contribution in [0, 0.1) is 6.92 Å². The predicted octanol–water partition coefficient (Wildman–Crippen LogP) is 3.55. The van der Waals surface area contributed by atoms with Crippen LogP contribution in [0.25, 0.3) is 11.2 Å². The van der Waals surface area contributed by atoms with Crippen LogP contribution in [0.5, 0.6) is 5.88 Å². The minimum atomic E-state index is 0.113. The van der Waals surface area contributed by atoms with Crippen molar-refractivity contribution >= 4 is 34.1 Å². The Morgan fingerprint density at radius 2 is 2.19 bits per heavy atom. The molecule has 5 nitrogen and oxygen atoms in total. The van der Waals surface area contributed by atoms with Crippen molar-refractivity contribution in [3.63, 3.8) is 0 Å². The molecule has 0 aromatic carbocycles. The molecule has 1 atom stereocenters. The summed E-state index contributed by atoms with van der Waals surface area (Å²) in [4.78, 5) is 15.5. The van der Waals surface area contributed by atoms with Crippen LogP contribution < -0.4 is 4.74 Å². The van der Waals surface area contributed by atoms with E-state index in [4.69, 9.17) is 16.3 Å². The summed E-state index contributed by atoms with van der Waals surface area (Å²) in [5.74, 6) is 1.55. The largest absolute Gasteiger partial charge is 0.479 e. The van der Waals surface area contributed by atoms with Gasteiger partial charge in [-0.3, -0.25) is 0 Å². The van der Waals surface area contributed by atoms with Crippen LogP contribution in [0.2, 0.25) is 0 Å². The van der Waals surface area contributed by atoms with Gasteiger partial charge in [-0.2, -0.15) is 4.98 Å². The summed E-state index contributed by atoms with van der Waals surface area (Å²) in [6, 6.07) is 4.36. The summed E-state index contributed by atoms with van der Waals surface area (Å²) >= 11 is 7.83. The number of fused-ring (bicyclic) bond motifs is 1. The highest BCUT2D eigenvalue weighted by Gasteiger charge is 2.21. The summed E-state index contributed by atoms with van der Waals surface area (Å²) < 4.78 is 7.32. The second kappa shape index (κ2) is 5.61. The normalized spacial score (nSPS) is 12.8. The Morgan fingerprint density at radius 1 is 1.38 bits per heavy atom. The van der Waals surface area contributed by atoms with Crippen LogP contribution in [0.15, 0.2) is 18.5 Å². The van der Waals surface area contributed by atoms with Crippen LogP contribution in [0.4, 0.5) is 0 Å². The molecule has 1 unspecified atom stereocenters. The molecule has 0 aliphatic carbocycles. The van der Waals surface area contributed by atoms with Gasteiger partial charge in [0, 0.05) is 9.75 Å². The number of hydrogen-bond acceptors (Lipinski definition) is 5. The molecule has 110 valence electrons. The number of aryl methyl sites for hydroxylation is 1. The first-order valence-electron chi connectivity index (χ1n) is 6.53. The molecule has 3 aromatic heterocycles. The minimum absolute atomic E-state index is 0.113. The van der Waals surface area contributed by atoms with E-state index in [2.05, 4.69) is 45.5 Å². The van der Waals surface area contributed by atoms with Crippen LogP contribution >= 0.6 is 22.9 Å². The lowest BCUT2D eigenvalue weighted by Crippen LogP contribution is -2.09. The Hall–Kier alpha value is -1.66. The molecule has 0 radical (unpaired) electrons. The number of halogens is 1. The lowest BCUT2D eigenvalue weighted by atomic mass is 10.2. The molecule has 0 spiro atoms. The third-order valence-corrected chi connectivity index (χ3v) is 4.80. The molecule has 3 rings (SSSR count). The third kappa shape index (κ3) is 2.38. The van der Waals surface area contributed by atoms with Gasteiger partial charge in [-0.05, 0) is 26.0 Å². The van der Waals surface area contributed by atoms with Gasteiger partial charge in [-0.15, -0.1) is 22.9 Å². The zero-order chi connectivity index (χ0) is 15.0. The van der Waals surface area contributed by atoms with Gasteiger partial charge in [0.2, 0.25) is 5.88 Å². The standard InChI is InChI=1S/C14H15ClN4OS/c1-8-4-5-10(21-8)9(2)19-11(6-15)18-12-13(19)16-7-17-14(12)20-3/h4-5,7,9H,6H2,1-3H3. The average molecular weight is 323 g/mol. The fourth-order valence-corrected chi connectivity index (χ4v) is 3.50. The van der Waals surface area contributed by atoms with E-state index in [0.29, 0.717) is 17.3 Å². The van der Waals surface area contributed by atoms with E-state index < -0.39 is 0 Å². The fourth-order valence-electron chi connectivity index (χ4n) is 2.39. The van der Waals surface area contributed by atoms with E-state index in [9.17, 15) is 0 Å². The number of aromatic nitrogens is 4. The van der Waals surface area contributed by atoms with E-state index in [-0.39, 0.29) is 6.04 Å². The quantitative estimate of drug-likeness (QED) is 0.689. The molecular formula is C14H15ClN4OS. The number of methoxy groups -OCH3 is 1. The van der Waals surface area contributed by atoms with E-state index in [1.54, 1.807) is 18.4 Å². The van der Waals surface area contributed by atoms with Gasteiger partial charge in [0.1, 0.15) is 12.2 Å². The van der Waals surface area contributed by atoms with Crippen LogP contribution in [0.1, 0.15) is 28.5 Å². The molecule has 0 fully saturated rings. The smallest absolute Gasteiger partial charge is 0.245 e. The number of ether oxygens (including phenoxy) is 1. The molecule has 0 N–H and O–H groups in total. The number of imidazole rings is 1. The van der Waals surface area contributed by atoms with Crippen molar-refractivity contribution in [2.45, 2.75) is 25.8 Å². The summed E-state index contributed by atoms with van der Waals surface area (Å²) in [5.41, 5.74) is 1.40. The van der Waals surface area contributed by atoms with Gasteiger partial charge in [0.25, 0.3) is 0 Å². The molecule has 0 bridgehead atoms. The molecule has 0 aliphatic rings. The van der Waals surface area contributed by atoms with Gasteiger partial charge in [-0.1, -0.05) is 0 Å². The Kier molecular flexibility index (Phi) is 3.82. The maximum atomic E-state index is 6.07. The molecule has 21 heavy (non-hydrogen) atoms. The van der Waals surface area contributed by atoms with Crippen molar-refractivity contribution in [3.05, 3.63) is 34.0 Å². The summed E-state index contributed by atoms with van der Waals surface area (Å²) in [6.45, 7) is 4.22. The monoisotopic (exact) mass is 322 g/mol. The topological polar surface area (TPSA) is 52.8 Å². The first kappa shape index (κ1) is 14.3. The van der Waals surface area contributed by atoms with Crippen molar-refractivity contribution < 1.29 is 4.74 Å². The highest BCUT2D eigenvalue weighted by molar-refractivity contribution is 7.12. The van der Waals surface area contributed by atoms with E-state index >= 15 is 0 Å². The van der Waals surface area contributed by atoms with Gasteiger partial charge in [0.15, 0.2) is 11.2 Å². The third-order valence-electron chi connectivity index (χ3n) is 3.39. The van der Waals surface area contributed by atoms with Crippen LogP contribution in [-0.2, 0) is 5.88 Å². The minimum Gasteiger partial charge on any atom is -0.479 e. The summed E-state index contributed by atoms with van der Waals surface area (Å²) in [5, 5.41) is 0. The van der Waals surface area contributed by atoms with Crippen molar-refractivity contribution in [1.29, 1.82) is 0 Å². The summed E-state index contributed by atoms with van der Waals surface area (Å²) in [6.07, 6.45) is 1.49. The number of nitrogens with zero attached hydrogens (tertiary/aromatic N) is 4. The maximum Gasteiger partial charge on any atom is 0.245 e. The van der Waals surface area contributed by atoms with E-state index in [0.717, 1.165) is 11.5 Å². The number of rotatable bonds is 4. The van der Waals surface area contributed by atoms with Gasteiger partial charge >= 0.3 is 0 Å². The lowest BCUT2D eigenvalue weighted by molar-refractivity contribution is 0.401. The molecule has 0 saturated carbocycles. The van der Waals surface area contributed by atoms with Gasteiger partial charge in [0.05, 0.1) is 19.0 Å². The van der Waals surface area contributed by atoms with E-state index in [1.807, 2.05) is 0 Å². The first-order chi connectivity index (χ1) is 10.2. The molecule has 0 amide bonds. The lowest BCUT2D eigenvalue weighted by Gasteiger charge is -2.14. The van der Waals surface area contributed by atoms with Crippen molar-refractivity contribution in [2.75, 3.05) is 7.11 Å². The van der Waals surface area contributed by atoms with Gasteiger partial charge < -0.3 is 9.30 Å². The predicted molar refractivity (Wildman–Crippen MR) is 84.3 cm³/mol. The fraction of sp³-hybridized carbons (Fsp3) is 0.357. The van der Waals surface area contributed by atoms with Crippen molar-refractivity contribution in [1.82, 2.24) is 19.5 Å². The number of hydrogen-bond donors (Lipinski definition) is 0. The Labute approximate surface area is 131 Å². The average Bonchev–Trinajstić information content (AvgIpc) is 3.09. The van der Waals surface area contributed by atoms with Crippen molar-refractivity contribution in [3.8, 4) is 5.88 Å². The first-order valence-corrected chi connectivity index (χ1v) is 7.89. The highest BCUT2D eigenvalue weighted by atomic mass is 35.5.